The molecule has 0 heterocycles. The molecule has 0 spiro atoms. The first-order valence-corrected chi connectivity index (χ1v) is 4.77. The summed E-state index contributed by atoms with van der Waals surface area (Å²) in [5.41, 5.74) is 0.920. The minimum absolute atomic E-state index is 0.795. The number of ether oxygens (including phenoxy) is 1. The Labute approximate surface area is 59.5 Å². The van der Waals surface area contributed by atoms with Gasteiger partial charge in [0.25, 0.3) is 0 Å². The second-order valence-electron chi connectivity index (χ2n) is 1.45. The van der Waals surface area contributed by atoms with Gasteiger partial charge in [-0.1, -0.05) is 15.5 Å². The van der Waals surface area contributed by atoms with E-state index < -0.39 is 0 Å². The molecule has 1 nitrogen and oxygen atoms in total. The molecule has 0 aromatic rings. The third-order valence-corrected chi connectivity index (χ3v) is 1.88. The van der Waals surface area contributed by atoms with E-state index in [1.165, 1.54) is 0 Å². The van der Waals surface area contributed by atoms with E-state index in [4.69, 9.17) is 5.86 Å². The highest BCUT2D eigenvalue weighted by Crippen LogP contribution is 2.10. The Morgan fingerprint density at radius 2 is 2.75 bits per heavy atom. The van der Waals surface area contributed by atoms with Crippen molar-refractivity contribution in [3.8, 4) is 0 Å². The van der Waals surface area contributed by atoms with Gasteiger partial charge in [0.1, 0.15) is 1.12 Å². The van der Waals surface area contributed by atoms with Crippen molar-refractivity contribution in [3.63, 3.8) is 0 Å². The van der Waals surface area contributed by atoms with Gasteiger partial charge in [0.15, 0.2) is 0 Å². The predicted octanol–water partition coefficient (Wildman–Crippen LogP) is 1.94. The third kappa shape index (κ3) is 6.74. The van der Waals surface area contributed by atoms with Gasteiger partial charge in [-0.15, -0.1) is 0 Å². The van der Waals surface area contributed by atoms with Crippen LogP contribution in [0.1, 0.15) is 13.3 Å². The van der Waals surface area contributed by atoms with Gasteiger partial charge < -0.3 is 4.74 Å². The van der Waals surface area contributed by atoms with Crippen molar-refractivity contribution in [2.24, 2.45) is 0 Å². The van der Waals surface area contributed by atoms with Gasteiger partial charge >= 0.3 is 0 Å². The Kier molecular flexibility index (Phi) is 6.63. The molecule has 0 saturated heterocycles. The lowest BCUT2D eigenvalue weighted by molar-refractivity contribution is 0.182. The van der Waals surface area contributed by atoms with Crippen LogP contribution < -0.4 is 0 Å². The Bertz CT molecular complexity index is 50.2. The normalized spacial score (nSPS) is 12.9. The second-order valence-corrected chi connectivity index (χ2v) is 3.39. The van der Waals surface area contributed by atoms with Crippen LogP contribution >= 0.6 is 21.1 Å². The van der Waals surface area contributed by atoms with Crippen LogP contribution in [0.4, 0.5) is 0 Å². The summed E-state index contributed by atoms with van der Waals surface area (Å²) in [6.45, 7) is 2.97. The summed E-state index contributed by atoms with van der Waals surface area (Å²) in [6, 6.07) is 0. The summed E-state index contributed by atoms with van der Waals surface area (Å²) in [5, 5.41) is 0. The molecule has 0 aromatic heterocycles. The quantitative estimate of drug-likeness (QED) is 0.348. The van der Waals surface area contributed by atoms with Gasteiger partial charge in [-0.25, -0.2) is 0 Å². The fraction of sp³-hybridized carbons (Fsp3) is 1.00. The zero-order valence-corrected chi connectivity index (χ0v) is 6.96. The maximum Gasteiger partial charge on any atom is 0.103 e. The molecule has 0 amide bonds. The van der Waals surface area contributed by atoms with Gasteiger partial charge in [-0.05, 0) is 6.42 Å². The van der Waals surface area contributed by atoms with E-state index in [0.717, 1.165) is 46.0 Å². The Hall–Kier alpha value is 0.740. The second kappa shape index (κ2) is 7.74. The fourth-order valence-corrected chi connectivity index (χ4v) is 0.952. The van der Waals surface area contributed by atoms with Crippen molar-refractivity contribution in [3.05, 3.63) is 0 Å². The molecule has 0 aromatic carbocycles. The van der Waals surface area contributed by atoms with E-state index in [1.54, 1.807) is 0 Å². The van der Waals surface area contributed by atoms with E-state index in [9.17, 15) is 0 Å². The van der Waals surface area contributed by atoms with Crippen molar-refractivity contribution in [2.45, 2.75) is 13.3 Å². The predicted molar refractivity (Wildman–Crippen MR) is 43.3 cm³/mol. The monoisotopic (exact) mass is 153 g/mol. The van der Waals surface area contributed by atoms with Crippen LogP contribution in [0.15, 0.2) is 0 Å². The number of rotatable bonds is 6. The highest BCUT2D eigenvalue weighted by molar-refractivity contribution is 7.86. The smallest absolute Gasteiger partial charge is 0.103 e. The molecule has 0 saturated carbocycles. The van der Waals surface area contributed by atoms with E-state index in [-0.39, 0.29) is 0 Å². The number of hydrogen-bond donors (Lipinski definition) is 1. The molecule has 3 heteroatoms. The molecule has 0 radical (unpaired) electrons. The van der Waals surface area contributed by atoms with Gasteiger partial charge in [0.2, 0.25) is 0 Å². The molecular weight excluding hydrogens is 139 g/mol. The maximum atomic E-state index is 6.75. The zero-order valence-electron chi connectivity index (χ0n) is 6.14. The standard InChI is InChI=1S/C5H13OPS/c1-2-3-6-4-7-5-8/h7-8H,2-5H2,1H3/i/hD. The van der Waals surface area contributed by atoms with Crippen molar-refractivity contribution in [1.29, 1.82) is 1.12 Å². The van der Waals surface area contributed by atoms with Gasteiger partial charge in [0.05, 0.1) is 6.35 Å². The Morgan fingerprint density at radius 3 is 3.38 bits per heavy atom. The molecule has 0 fully saturated rings. The molecule has 0 aliphatic heterocycles. The molecule has 1 atom stereocenters. The summed E-state index contributed by atoms with van der Waals surface area (Å²) in [7, 11) is 0.795. The molecule has 0 rings (SSSR count). The minimum atomic E-state index is 0.795. The average molecular weight is 153 g/mol. The van der Waals surface area contributed by atoms with Crippen molar-refractivity contribution in [2.75, 3.05) is 18.4 Å². The molecule has 50 valence electrons. The van der Waals surface area contributed by atoms with Gasteiger partial charge in [0, 0.05) is 12.1 Å². The lowest BCUT2D eigenvalue weighted by atomic mass is 10.5. The van der Waals surface area contributed by atoms with E-state index in [0.29, 0.717) is 0 Å². The van der Waals surface area contributed by atoms with Crippen molar-refractivity contribution >= 4 is 21.1 Å². The molecular formula is C5H13OPS. The topological polar surface area (TPSA) is 9.23 Å². The van der Waals surface area contributed by atoms with Gasteiger partial charge in [-0.3, -0.25) is 0 Å². The summed E-state index contributed by atoms with van der Waals surface area (Å²) in [4.78, 5) is 0. The molecule has 0 bridgehead atoms. The SMILES string of the molecule is [2H]SCPCOCCC. The van der Waals surface area contributed by atoms with Crippen LogP contribution in [-0.4, -0.2) is 19.6 Å². The van der Waals surface area contributed by atoms with Crippen LogP contribution in [0.2, 0.25) is 0 Å². The average Bonchev–Trinajstić information content (AvgIpc) is 1.89. The highest BCUT2D eigenvalue weighted by atomic mass is 32.1. The summed E-state index contributed by atoms with van der Waals surface area (Å²) >= 11 is 1.14. The lowest BCUT2D eigenvalue weighted by Gasteiger charge is -1.97. The first-order chi connectivity index (χ1) is 4.41. The number of thiol groups is 1. The van der Waals surface area contributed by atoms with Gasteiger partial charge in [-0.2, -0.15) is 12.5 Å². The Balaban J connectivity index is 2.60. The van der Waals surface area contributed by atoms with Crippen LogP contribution in [0.25, 0.3) is 0 Å². The molecule has 8 heavy (non-hydrogen) atoms. The molecule has 1 unspecified atom stereocenters. The summed E-state index contributed by atoms with van der Waals surface area (Å²) < 4.78 is 12.0. The van der Waals surface area contributed by atoms with Crippen LogP contribution in [-0.2, 0) is 4.74 Å². The Morgan fingerprint density at radius 1 is 1.88 bits per heavy atom. The summed E-state index contributed by atoms with van der Waals surface area (Å²) in [6.07, 6.45) is 1.94. The van der Waals surface area contributed by atoms with Crippen molar-refractivity contribution in [1.82, 2.24) is 0 Å². The molecule has 0 N–H and O–H groups in total. The minimum Gasteiger partial charge on any atom is -0.377 e. The largest absolute Gasteiger partial charge is 0.377 e. The lowest BCUT2D eigenvalue weighted by Crippen LogP contribution is -1.89. The van der Waals surface area contributed by atoms with Crippen LogP contribution in [0.5, 0.6) is 0 Å². The highest BCUT2D eigenvalue weighted by Gasteiger charge is 1.81. The third-order valence-electron chi connectivity index (χ3n) is 0.655. The fourth-order valence-electron chi connectivity index (χ4n) is 0.330. The van der Waals surface area contributed by atoms with Crippen LogP contribution in [0, 0.1) is 0 Å². The maximum absolute atomic E-state index is 6.75. The van der Waals surface area contributed by atoms with E-state index in [1.807, 2.05) is 0 Å². The summed E-state index contributed by atoms with van der Waals surface area (Å²) in [5.74, 6) is 0. The first-order valence-electron chi connectivity index (χ1n) is 3.19. The first kappa shape index (κ1) is 6.85. The zero-order chi connectivity index (χ0) is 6.95. The van der Waals surface area contributed by atoms with Crippen LogP contribution in [0.3, 0.4) is 0 Å². The molecule has 0 aliphatic carbocycles. The number of hydrogen-bond acceptors (Lipinski definition) is 2. The molecule has 0 aliphatic rings. The van der Waals surface area contributed by atoms with Crippen molar-refractivity contribution < 1.29 is 4.74 Å². The van der Waals surface area contributed by atoms with E-state index in [2.05, 4.69) is 6.92 Å². The van der Waals surface area contributed by atoms with E-state index >= 15 is 0 Å².